The van der Waals surface area contributed by atoms with Crippen LogP contribution in [0.25, 0.3) is 17.1 Å². The Bertz CT molecular complexity index is 1570. The highest BCUT2D eigenvalue weighted by atomic mass is 35.5. The van der Waals surface area contributed by atoms with Gasteiger partial charge in [-0.15, -0.1) is 10.2 Å². The van der Waals surface area contributed by atoms with Crippen LogP contribution in [0, 0.1) is 0 Å². The van der Waals surface area contributed by atoms with Crippen LogP contribution in [-0.2, 0) is 13.1 Å². The van der Waals surface area contributed by atoms with Gasteiger partial charge in [-0.3, -0.25) is 9.36 Å². The molecule has 1 fully saturated rings. The van der Waals surface area contributed by atoms with Crippen molar-refractivity contribution in [2.75, 3.05) is 0 Å². The number of nitrogens with one attached hydrogen (secondary N) is 1. The molecule has 4 aromatic rings. The van der Waals surface area contributed by atoms with Crippen LogP contribution in [0.15, 0.2) is 53.7 Å². The first kappa shape index (κ1) is 26.5. The molecule has 1 aliphatic rings. The molecular formula is C23H19ClF4N8O3. The number of rotatable bonds is 8. The molecule has 3 atom stereocenters. The number of aromatic nitrogens is 7. The van der Waals surface area contributed by atoms with Crippen molar-refractivity contribution in [2.45, 2.75) is 44.0 Å². The smallest absolute Gasteiger partial charge is 0.382 e. The van der Waals surface area contributed by atoms with Gasteiger partial charge in [-0.05, 0) is 36.4 Å². The predicted octanol–water partition coefficient (Wildman–Crippen LogP) is 2.15. The molecule has 1 aliphatic carbocycles. The van der Waals surface area contributed by atoms with Gasteiger partial charge in [-0.25, -0.2) is 28.5 Å². The summed E-state index contributed by atoms with van der Waals surface area (Å²) < 4.78 is 55.2. The van der Waals surface area contributed by atoms with E-state index in [2.05, 4.69) is 25.5 Å². The Morgan fingerprint density at radius 3 is 2.56 bits per heavy atom. The summed E-state index contributed by atoms with van der Waals surface area (Å²) in [6, 6.07) is 8.42. The summed E-state index contributed by atoms with van der Waals surface area (Å²) in [6.45, 7) is -1.42. The summed E-state index contributed by atoms with van der Waals surface area (Å²) in [7, 11) is 0. The molecule has 1 saturated carbocycles. The van der Waals surface area contributed by atoms with Gasteiger partial charge in [0.25, 0.3) is 5.91 Å². The molecule has 1 aromatic carbocycles. The molecule has 11 nitrogen and oxygen atoms in total. The second-order valence-electron chi connectivity index (χ2n) is 8.75. The number of carbonyl (C=O) groups excluding carboxylic acids is 1. The Morgan fingerprint density at radius 1 is 1.18 bits per heavy atom. The lowest BCUT2D eigenvalue weighted by atomic mass is 10.2. The third-order valence-corrected chi connectivity index (χ3v) is 6.12. The summed E-state index contributed by atoms with van der Waals surface area (Å²) in [6.07, 6.45) is -6.01. The highest BCUT2D eigenvalue weighted by Crippen LogP contribution is 2.26. The molecule has 2 N–H and O–H groups in total. The topological polar surface area (TPSA) is 133 Å². The van der Waals surface area contributed by atoms with Crippen molar-refractivity contribution >= 4 is 17.5 Å². The summed E-state index contributed by atoms with van der Waals surface area (Å²) in [5, 5.41) is 20.9. The zero-order valence-electron chi connectivity index (χ0n) is 19.8. The molecule has 0 spiro atoms. The molecular weight excluding hydrogens is 548 g/mol. The van der Waals surface area contributed by atoms with E-state index in [4.69, 9.17) is 11.6 Å². The fourth-order valence-electron chi connectivity index (χ4n) is 3.72. The third kappa shape index (κ3) is 5.68. The highest BCUT2D eigenvalue weighted by Gasteiger charge is 2.40. The minimum absolute atomic E-state index is 0.0272. The van der Waals surface area contributed by atoms with Crippen molar-refractivity contribution in [1.82, 2.24) is 39.4 Å². The minimum Gasteiger partial charge on any atom is -0.382 e. The first-order valence-corrected chi connectivity index (χ1v) is 11.9. The van der Waals surface area contributed by atoms with Crippen LogP contribution >= 0.6 is 11.6 Å². The van der Waals surface area contributed by atoms with Gasteiger partial charge < -0.3 is 10.4 Å². The fraction of sp³-hybridized carbons (Fsp3) is 0.304. The Hall–Kier alpha value is -4.11. The van der Waals surface area contributed by atoms with Crippen LogP contribution < -0.4 is 11.0 Å². The van der Waals surface area contributed by atoms with Gasteiger partial charge in [0, 0.05) is 23.2 Å². The van der Waals surface area contributed by atoms with Crippen molar-refractivity contribution in [3.05, 3.63) is 75.9 Å². The SMILES string of the molecule is O=C(N[C@@H]1C[C@@H]1F)c1ncccc1-n1cnc(Cn2nc(-c3ccc(Cl)cc3)n(C[C@@H](O)C(F)(F)F)c2=O)n1. The molecule has 1 amide bonds. The number of carbonyl (C=O) groups is 1. The zero-order chi connectivity index (χ0) is 27.9. The quantitative estimate of drug-likeness (QED) is 0.312. The van der Waals surface area contributed by atoms with Crippen molar-refractivity contribution in [3.8, 4) is 17.1 Å². The van der Waals surface area contributed by atoms with Crippen LogP contribution in [0.5, 0.6) is 0 Å². The molecule has 204 valence electrons. The van der Waals surface area contributed by atoms with Gasteiger partial charge in [0.15, 0.2) is 23.4 Å². The lowest BCUT2D eigenvalue weighted by molar-refractivity contribution is -0.207. The van der Waals surface area contributed by atoms with Gasteiger partial charge >= 0.3 is 11.9 Å². The average molecular weight is 567 g/mol. The lowest BCUT2D eigenvalue weighted by Crippen LogP contribution is -2.37. The largest absolute Gasteiger partial charge is 0.416 e. The van der Waals surface area contributed by atoms with Gasteiger partial charge in [0.05, 0.1) is 18.3 Å². The number of aliphatic hydroxyl groups is 1. The molecule has 0 aliphatic heterocycles. The van der Waals surface area contributed by atoms with Gasteiger partial charge in [0.2, 0.25) is 0 Å². The number of benzene rings is 1. The maximum absolute atomic E-state index is 13.2. The molecule has 16 heteroatoms. The molecule has 0 saturated heterocycles. The predicted molar refractivity (Wildman–Crippen MR) is 128 cm³/mol. The number of nitrogens with zero attached hydrogens (tertiary/aromatic N) is 7. The van der Waals surface area contributed by atoms with E-state index in [0.717, 1.165) is 4.68 Å². The lowest BCUT2D eigenvalue weighted by Gasteiger charge is -2.15. The first-order valence-electron chi connectivity index (χ1n) is 11.5. The molecule has 3 aromatic heterocycles. The van der Waals surface area contributed by atoms with Crippen molar-refractivity contribution in [3.63, 3.8) is 0 Å². The molecule has 3 heterocycles. The fourth-order valence-corrected chi connectivity index (χ4v) is 3.85. The van der Waals surface area contributed by atoms with Gasteiger partial charge in [-0.1, -0.05) is 11.6 Å². The number of aliphatic hydroxyl groups excluding tert-OH is 1. The van der Waals surface area contributed by atoms with E-state index >= 15 is 0 Å². The second kappa shape index (κ2) is 10.2. The highest BCUT2D eigenvalue weighted by molar-refractivity contribution is 6.30. The number of alkyl halides is 4. The molecule has 0 bridgehead atoms. The number of hydrogen-bond acceptors (Lipinski definition) is 7. The summed E-state index contributed by atoms with van der Waals surface area (Å²) in [5.41, 5.74) is -0.440. The molecule has 0 radical (unpaired) electrons. The van der Waals surface area contributed by atoms with E-state index in [1.54, 1.807) is 6.07 Å². The second-order valence-corrected chi connectivity index (χ2v) is 9.18. The van der Waals surface area contributed by atoms with Crippen LogP contribution in [0.1, 0.15) is 22.7 Å². The van der Waals surface area contributed by atoms with E-state index in [9.17, 15) is 32.3 Å². The standard InChI is InChI=1S/C23H19ClF4N8O3/c24-13-5-3-12(4-6-13)20-33-35(22(39)34(20)9-17(37)23(26,27)28)10-18-30-11-36(32-18)16-2-1-7-29-19(16)21(38)31-15-8-14(15)25/h1-7,11,14-15,17,37H,8-10H2,(H,31,38)/t14-,15+,17+/m0/s1. The van der Waals surface area contributed by atoms with Crippen LogP contribution in [-0.4, -0.2) is 69.6 Å². The number of hydrogen-bond donors (Lipinski definition) is 2. The van der Waals surface area contributed by atoms with Crippen molar-refractivity contribution in [2.24, 2.45) is 0 Å². The monoisotopic (exact) mass is 566 g/mol. The van der Waals surface area contributed by atoms with Crippen molar-refractivity contribution in [1.29, 1.82) is 0 Å². The van der Waals surface area contributed by atoms with E-state index in [0.29, 0.717) is 15.2 Å². The molecule has 5 rings (SSSR count). The Kier molecular flexibility index (Phi) is 6.94. The number of pyridine rings is 1. The van der Waals surface area contributed by atoms with Crippen molar-refractivity contribution < 1.29 is 27.5 Å². The minimum atomic E-state index is -4.96. The summed E-state index contributed by atoms with van der Waals surface area (Å²) in [4.78, 5) is 33.8. The number of halogens is 5. The van der Waals surface area contributed by atoms with E-state index < -0.39 is 42.6 Å². The maximum Gasteiger partial charge on any atom is 0.416 e. The Morgan fingerprint density at radius 2 is 1.90 bits per heavy atom. The van der Waals surface area contributed by atoms with E-state index in [-0.39, 0.29) is 36.0 Å². The third-order valence-electron chi connectivity index (χ3n) is 5.87. The molecule has 0 unspecified atom stereocenters. The first-order chi connectivity index (χ1) is 18.5. The summed E-state index contributed by atoms with van der Waals surface area (Å²) in [5.74, 6) is -0.683. The van der Waals surface area contributed by atoms with Gasteiger partial charge in [-0.2, -0.15) is 13.2 Å². The van der Waals surface area contributed by atoms with Crippen LogP contribution in [0.3, 0.4) is 0 Å². The van der Waals surface area contributed by atoms with Gasteiger partial charge in [0.1, 0.15) is 19.0 Å². The Labute approximate surface area is 221 Å². The van der Waals surface area contributed by atoms with E-state index in [1.165, 1.54) is 47.5 Å². The van der Waals surface area contributed by atoms with Crippen LogP contribution in [0.4, 0.5) is 17.6 Å². The maximum atomic E-state index is 13.2. The Balaban J connectivity index is 1.44. The summed E-state index contributed by atoms with van der Waals surface area (Å²) >= 11 is 5.90. The van der Waals surface area contributed by atoms with Crippen LogP contribution in [0.2, 0.25) is 5.02 Å². The molecule has 39 heavy (non-hydrogen) atoms. The number of amides is 1. The van der Waals surface area contributed by atoms with E-state index in [1.807, 2.05) is 0 Å². The normalized spacial score (nSPS) is 17.7. The zero-order valence-corrected chi connectivity index (χ0v) is 20.5. The average Bonchev–Trinajstić information content (AvgIpc) is 3.26.